The van der Waals surface area contributed by atoms with Gasteiger partial charge in [-0.05, 0) is 75.8 Å². The molecule has 3 atom stereocenters. The van der Waals surface area contributed by atoms with Gasteiger partial charge in [-0.1, -0.05) is 53.5 Å². The zero-order valence-electron chi connectivity index (χ0n) is 24.1. The van der Waals surface area contributed by atoms with Crippen molar-refractivity contribution in [3.63, 3.8) is 0 Å². The molecule has 0 bridgehead atoms. The lowest BCUT2D eigenvalue weighted by molar-refractivity contribution is -0.147. The van der Waals surface area contributed by atoms with Crippen LogP contribution in [0.4, 0.5) is 0 Å². The summed E-state index contributed by atoms with van der Waals surface area (Å²) in [5.74, 6) is -0.545. The fourth-order valence-electron chi connectivity index (χ4n) is 4.46. The van der Waals surface area contributed by atoms with E-state index in [-0.39, 0.29) is 30.1 Å². The van der Waals surface area contributed by atoms with E-state index in [1.807, 2.05) is 39.0 Å². The second-order valence-corrected chi connectivity index (χ2v) is 11.5. The van der Waals surface area contributed by atoms with E-state index in [0.717, 1.165) is 29.3 Å². The molecule has 0 aliphatic rings. The number of rotatable bonds is 18. The Hall–Kier alpha value is -2.16. The van der Waals surface area contributed by atoms with Gasteiger partial charge in [-0.15, -0.1) is 13.2 Å². The minimum Gasteiger partial charge on any atom is -0.344 e. The predicted molar refractivity (Wildman–Crippen MR) is 165 cm³/mol. The maximum Gasteiger partial charge on any atom is 0.245 e. The van der Waals surface area contributed by atoms with E-state index < -0.39 is 18.1 Å². The second-order valence-electron chi connectivity index (χ2n) is 10.2. The summed E-state index contributed by atoms with van der Waals surface area (Å²) in [6.07, 6.45) is 7.36. The van der Waals surface area contributed by atoms with Crippen LogP contribution in [0.15, 0.2) is 48.0 Å². The summed E-state index contributed by atoms with van der Waals surface area (Å²) < 4.78 is 0.815. The topological polar surface area (TPSA) is 81.8 Å². The number of carbonyl (C=O) groups excluding carboxylic acids is 3. The fourth-order valence-corrected chi connectivity index (χ4v) is 5.06. The summed E-state index contributed by atoms with van der Waals surface area (Å²) in [7, 11) is 3.47. The lowest BCUT2D eigenvalue weighted by Gasteiger charge is -2.36. The Bertz CT molecular complexity index is 972. The smallest absolute Gasteiger partial charge is 0.245 e. The number of benzene rings is 1. The molecule has 7 nitrogen and oxygen atoms in total. The minimum atomic E-state index is -0.769. The Morgan fingerprint density at radius 2 is 1.79 bits per heavy atom. The Kier molecular flexibility index (Phi) is 16.3. The molecule has 9 heteroatoms. The number of hydrogen-bond acceptors (Lipinski definition) is 4. The molecule has 0 aliphatic heterocycles. The third kappa shape index (κ3) is 11.5. The van der Waals surface area contributed by atoms with Crippen LogP contribution in [0.2, 0.25) is 5.02 Å². The molecule has 218 valence electrons. The lowest BCUT2D eigenvalue weighted by Crippen LogP contribution is -2.58. The van der Waals surface area contributed by atoms with Crippen molar-refractivity contribution >= 4 is 45.3 Å². The largest absolute Gasteiger partial charge is 0.344 e. The molecule has 0 aromatic heterocycles. The van der Waals surface area contributed by atoms with Crippen molar-refractivity contribution < 1.29 is 14.4 Å². The summed E-state index contributed by atoms with van der Waals surface area (Å²) >= 11 is 9.86. The highest BCUT2D eigenvalue weighted by Crippen LogP contribution is 2.25. The average Bonchev–Trinajstić information content (AvgIpc) is 2.90. The molecule has 0 aliphatic carbocycles. The van der Waals surface area contributed by atoms with Crippen LogP contribution >= 0.6 is 27.5 Å². The van der Waals surface area contributed by atoms with Crippen LogP contribution in [-0.4, -0.2) is 72.8 Å². The number of hydrogen-bond donors (Lipinski definition) is 2. The van der Waals surface area contributed by atoms with Crippen LogP contribution in [0.5, 0.6) is 0 Å². The molecule has 1 aromatic carbocycles. The zero-order valence-corrected chi connectivity index (χ0v) is 26.5. The van der Waals surface area contributed by atoms with E-state index >= 15 is 0 Å². The number of nitrogens with zero attached hydrogens (tertiary/aromatic N) is 2. The summed E-state index contributed by atoms with van der Waals surface area (Å²) in [5, 5.41) is 6.48. The molecule has 0 saturated carbocycles. The first-order chi connectivity index (χ1) is 18.5. The number of likely N-dealkylation sites (N-methyl/N-ethyl adjacent to an activating group) is 3. The van der Waals surface area contributed by atoms with E-state index in [1.54, 1.807) is 36.0 Å². The number of halogens is 2. The maximum absolute atomic E-state index is 14.1. The molecule has 1 rings (SSSR count). The molecular formula is C30H46BrClN4O3. The highest BCUT2D eigenvalue weighted by molar-refractivity contribution is 9.10. The quantitative estimate of drug-likeness (QED) is 0.170. The molecule has 0 saturated heterocycles. The van der Waals surface area contributed by atoms with Gasteiger partial charge in [-0.3, -0.25) is 14.4 Å². The van der Waals surface area contributed by atoms with Crippen LogP contribution < -0.4 is 10.6 Å². The van der Waals surface area contributed by atoms with Crippen LogP contribution in [0.1, 0.15) is 58.4 Å². The van der Waals surface area contributed by atoms with Crippen LogP contribution in [0, 0.1) is 5.92 Å². The van der Waals surface area contributed by atoms with Gasteiger partial charge in [-0.25, -0.2) is 0 Å². The second kappa shape index (κ2) is 18.2. The van der Waals surface area contributed by atoms with Gasteiger partial charge in [0.25, 0.3) is 0 Å². The minimum absolute atomic E-state index is 0.147. The van der Waals surface area contributed by atoms with E-state index in [0.29, 0.717) is 31.0 Å². The van der Waals surface area contributed by atoms with Gasteiger partial charge in [0.05, 0.1) is 6.04 Å². The number of amides is 3. The fraction of sp³-hybridized carbons (Fsp3) is 0.567. The molecule has 0 unspecified atom stereocenters. The SMILES string of the molecule is C=CCCCCN(C)C(=O)[C@H](Cc1cc(Cl)ccc1Br)N(CC)C(=O)[C@H](CC(C)C)NC(=O)[C@H](CC=C)NC. The van der Waals surface area contributed by atoms with Crippen molar-refractivity contribution in [1.82, 2.24) is 20.4 Å². The lowest BCUT2D eigenvalue weighted by atomic mass is 9.98. The monoisotopic (exact) mass is 624 g/mol. The third-order valence-electron chi connectivity index (χ3n) is 6.62. The number of unbranched alkanes of at least 4 members (excludes halogenated alkanes) is 2. The van der Waals surface area contributed by atoms with Crippen molar-refractivity contribution in [2.45, 2.75) is 77.4 Å². The van der Waals surface area contributed by atoms with Gasteiger partial charge in [0.2, 0.25) is 17.7 Å². The summed E-state index contributed by atoms with van der Waals surface area (Å²) in [6.45, 7) is 14.2. The van der Waals surface area contributed by atoms with Crippen LogP contribution in [0.25, 0.3) is 0 Å². The van der Waals surface area contributed by atoms with Crippen molar-refractivity contribution in [3.05, 3.63) is 58.6 Å². The molecule has 2 N–H and O–H groups in total. The van der Waals surface area contributed by atoms with Gasteiger partial charge >= 0.3 is 0 Å². The number of allylic oxidation sites excluding steroid dienone is 1. The van der Waals surface area contributed by atoms with Gasteiger partial charge in [0, 0.05) is 36.1 Å². The first kappa shape index (κ1) is 34.9. The summed E-state index contributed by atoms with van der Waals surface area (Å²) in [4.78, 5) is 44.3. The molecule has 1 aromatic rings. The van der Waals surface area contributed by atoms with Gasteiger partial charge in [0.15, 0.2) is 0 Å². The molecule has 39 heavy (non-hydrogen) atoms. The Morgan fingerprint density at radius 3 is 2.36 bits per heavy atom. The standard InChI is InChI=1S/C30H46BrClN4O3/c1-8-11-12-13-17-35(7)30(39)27(20-22-19-23(32)15-16-24(22)31)36(10-3)29(38)26(18-21(4)5)34-28(37)25(33-6)14-9-2/h8-9,15-16,19,21,25-27,33H,1-2,10-14,17-18,20H2,3-7H3,(H,34,37)/t25-,26-,27-/m0/s1. The van der Waals surface area contributed by atoms with Crippen molar-refractivity contribution in [2.24, 2.45) is 5.92 Å². The third-order valence-corrected chi connectivity index (χ3v) is 7.63. The van der Waals surface area contributed by atoms with Gasteiger partial charge in [0.1, 0.15) is 12.1 Å². The summed E-state index contributed by atoms with van der Waals surface area (Å²) in [6, 6.07) is 3.40. The average molecular weight is 626 g/mol. The van der Waals surface area contributed by atoms with Crippen LogP contribution in [0.3, 0.4) is 0 Å². The highest BCUT2D eigenvalue weighted by atomic mass is 79.9. The first-order valence-electron chi connectivity index (χ1n) is 13.7. The molecular weight excluding hydrogens is 580 g/mol. The van der Waals surface area contributed by atoms with Gasteiger partial charge in [-0.2, -0.15) is 0 Å². The normalized spacial score (nSPS) is 13.3. The van der Waals surface area contributed by atoms with Crippen molar-refractivity contribution in [2.75, 3.05) is 27.2 Å². The molecule has 3 amide bonds. The van der Waals surface area contributed by atoms with E-state index in [4.69, 9.17) is 11.6 Å². The first-order valence-corrected chi connectivity index (χ1v) is 14.9. The number of nitrogens with one attached hydrogen (secondary N) is 2. The maximum atomic E-state index is 14.1. The molecule has 0 heterocycles. The molecule has 0 radical (unpaired) electrons. The highest BCUT2D eigenvalue weighted by Gasteiger charge is 2.36. The Labute approximate surface area is 248 Å². The van der Waals surface area contributed by atoms with Crippen molar-refractivity contribution in [3.8, 4) is 0 Å². The van der Waals surface area contributed by atoms with Crippen molar-refractivity contribution in [1.29, 1.82) is 0 Å². The van der Waals surface area contributed by atoms with E-state index in [9.17, 15) is 14.4 Å². The Morgan fingerprint density at radius 1 is 1.10 bits per heavy atom. The zero-order chi connectivity index (χ0) is 29.5. The molecule has 0 spiro atoms. The predicted octanol–water partition coefficient (Wildman–Crippen LogP) is 5.37. The number of carbonyl (C=O) groups is 3. The summed E-state index contributed by atoms with van der Waals surface area (Å²) in [5.41, 5.74) is 0.831. The van der Waals surface area contributed by atoms with E-state index in [1.165, 1.54) is 0 Å². The molecule has 0 fully saturated rings. The Balaban J connectivity index is 3.39. The van der Waals surface area contributed by atoms with E-state index in [2.05, 4.69) is 39.7 Å². The van der Waals surface area contributed by atoms with Crippen LogP contribution in [-0.2, 0) is 20.8 Å². The van der Waals surface area contributed by atoms with Gasteiger partial charge < -0.3 is 20.4 Å².